The fourth-order valence-electron chi connectivity index (χ4n) is 3.77. The van der Waals surface area contributed by atoms with Crippen molar-refractivity contribution < 1.29 is 0 Å². The van der Waals surface area contributed by atoms with Crippen LogP contribution < -0.4 is 0 Å². The normalized spacial score (nSPS) is 28.9. The molecule has 1 aromatic rings. The summed E-state index contributed by atoms with van der Waals surface area (Å²) in [4.78, 5) is 2.74. The van der Waals surface area contributed by atoms with E-state index < -0.39 is 0 Å². The summed E-state index contributed by atoms with van der Waals surface area (Å²) < 4.78 is 1.27. The molecule has 2 heteroatoms. The van der Waals surface area contributed by atoms with E-state index in [4.69, 9.17) is 0 Å². The van der Waals surface area contributed by atoms with Crippen LogP contribution in [0.4, 0.5) is 0 Å². The lowest BCUT2D eigenvalue weighted by molar-refractivity contribution is 0.0545. The molecule has 0 aromatic heterocycles. The quantitative estimate of drug-likeness (QED) is 0.771. The van der Waals surface area contributed by atoms with Gasteiger partial charge in [0, 0.05) is 17.1 Å². The molecule has 1 aromatic carbocycles. The first kappa shape index (κ1) is 12.7. The van der Waals surface area contributed by atoms with Crippen molar-refractivity contribution >= 4 is 15.9 Å². The van der Waals surface area contributed by atoms with Gasteiger partial charge in [0.25, 0.3) is 0 Å². The summed E-state index contributed by atoms with van der Waals surface area (Å²) >= 11 is 3.68. The highest BCUT2D eigenvalue weighted by atomic mass is 79.9. The van der Waals surface area contributed by atoms with Crippen LogP contribution in [0.25, 0.3) is 0 Å². The Morgan fingerprint density at radius 1 is 1.06 bits per heavy atom. The molecule has 2 unspecified atom stereocenters. The third kappa shape index (κ3) is 2.65. The summed E-state index contributed by atoms with van der Waals surface area (Å²) in [6.07, 6.45) is 8.66. The third-order valence-electron chi connectivity index (χ3n) is 4.69. The van der Waals surface area contributed by atoms with E-state index in [2.05, 4.69) is 45.1 Å². The van der Waals surface area contributed by atoms with Crippen LogP contribution in [0.1, 0.15) is 44.1 Å². The Balaban J connectivity index is 1.73. The molecule has 1 aliphatic heterocycles. The average Bonchev–Trinajstić information content (AvgIpc) is 2.42. The van der Waals surface area contributed by atoms with E-state index >= 15 is 0 Å². The summed E-state index contributed by atoms with van der Waals surface area (Å²) in [5.74, 6) is 0.981. The van der Waals surface area contributed by atoms with Gasteiger partial charge in [-0.05, 0) is 49.8 Å². The number of likely N-dealkylation sites (tertiary alicyclic amines) is 1. The second-order valence-corrected chi connectivity index (χ2v) is 6.67. The molecular formula is C16H22BrN. The first-order chi connectivity index (χ1) is 8.84. The molecule has 0 radical (unpaired) electrons. The highest BCUT2D eigenvalue weighted by molar-refractivity contribution is 9.10. The maximum atomic E-state index is 3.68. The molecule has 2 fully saturated rings. The highest BCUT2D eigenvalue weighted by Gasteiger charge is 2.33. The van der Waals surface area contributed by atoms with E-state index in [1.54, 1.807) is 0 Å². The second-order valence-electron chi connectivity index (χ2n) is 5.82. The predicted molar refractivity (Wildman–Crippen MR) is 79.5 cm³/mol. The Bertz CT molecular complexity index is 402. The molecule has 98 valence electrons. The van der Waals surface area contributed by atoms with Crippen LogP contribution in [-0.2, 0) is 6.54 Å². The molecule has 18 heavy (non-hydrogen) atoms. The van der Waals surface area contributed by atoms with Crippen LogP contribution in [0, 0.1) is 5.92 Å². The SMILES string of the molecule is Brc1ccccc1CN1CCCC2CCCCC21. The lowest BCUT2D eigenvalue weighted by Crippen LogP contribution is -2.46. The number of rotatable bonds is 2. The molecule has 1 nitrogen and oxygen atoms in total. The summed E-state index contributed by atoms with van der Waals surface area (Å²) in [6.45, 7) is 2.42. The molecule has 1 aliphatic carbocycles. The summed E-state index contributed by atoms with van der Waals surface area (Å²) in [5.41, 5.74) is 1.45. The second kappa shape index (κ2) is 5.75. The van der Waals surface area contributed by atoms with Gasteiger partial charge in [-0.1, -0.05) is 47.0 Å². The maximum Gasteiger partial charge on any atom is 0.0247 e. The van der Waals surface area contributed by atoms with E-state index in [-0.39, 0.29) is 0 Å². The van der Waals surface area contributed by atoms with Gasteiger partial charge < -0.3 is 0 Å². The largest absolute Gasteiger partial charge is 0.296 e. The van der Waals surface area contributed by atoms with Crippen molar-refractivity contribution in [2.75, 3.05) is 6.54 Å². The summed E-state index contributed by atoms with van der Waals surface area (Å²) in [5, 5.41) is 0. The molecule has 2 atom stereocenters. The highest BCUT2D eigenvalue weighted by Crippen LogP contribution is 2.36. The van der Waals surface area contributed by atoms with Crippen molar-refractivity contribution in [3.8, 4) is 0 Å². The smallest absolute Gasteiger partial charge is 0.0247 e. The number of hydrogen-bond acceptors (Lipinski definition) is 1. The molecule has 1 saturated heterocycles. The molecule has 0 bridgehead atoms. The van der Waals surface area contributed by atoms with Crippen LogP contribution in [0.2, 0.25) is 0 Å². The number of halogens is 1. The van der Waals surface area contributed by atoms with E-state index in [1.807, 2.05) is 0 Å². The van der Waals surface area contributed by atoms with Crippen molar-refractivity contribution in [1.82, 2.24) is 4.90 Å². The fourth-order valence-corrected chi connectivity index (χ4v) is 4.18. The lowest BCUT2D eigenvalue weighted by Gasteiger charge is -2.44. The number of piperidine rings is 1. The molecule has 0 spiro atoms. The van der Waals surface area contributed by atoms with Crippen molar-refractivity contribution in [3.63, 3.8) is 0 Å². The Labute approximate surface area is 119 Å². The van der Waals surface area contributed by atoms with Gasteiger partial charge in [-0.15, -0.1) is 0 Å². The summed E-state index contributed by atoms with van der Waals surface area (Å²) in [6, 6.07) is 9.55. The summed E-state index contributed by atoms with van der Waals surface area (Å²) in [7, 11) is 0. The van der Waals surface area contributed by atoms with Gasteiger partial charge in [-0.25, -0.2) is 0 Å². The van der Waals surface area contributed by atoms with Crippen LogP contribution in [0.5, 0.6) is 0 Å². The topological polar surface area (TPSA) is 3.24 Å². The van der Waals surface area contributed by atoms with Gasteiger partial charge in [-0.2, -0.15) is 0 Å². The fraction of sp³-hybridized carbons (Fsp3) is 0.625. The van der Waals surface area contributed by atoms with E-state index in [0.29, 0.717) is 0 Å². The first-order valence-corrected chi connectivity index (χ1v) is 8.11. The average molecular weight is 308 g/mol. The zero-order valence-corrected chi connectivity index (χ0v) is 12.5. The monoisotopic (exact) mass is 307 g/mol. The van der Waals surface area contributed by atoms with Gasteiger partial charge in [0.15, 0.2) is 0 Å². The molecule has 1 saturated carbocycles. The first-order valence-electron chi connectivity index (χ1n) is 7.32. The van der Waals surface area contributed by atoms with Gasteiger partial charge in [0.2, 0.25) is 0 Å². The number of benzene rings is 1. The van der Waals surface area contributed by atoms with Gasteiger partial charge in [-0.3, -0.25) is 4.90 Å². The van der Waals surface area contributed by atoms with Crippen molar-refractivity contribution in [2.45, 2.75) is 51.1 Å². The minimum absolute atomic E-state index is 0.861. The van der Waals surface area contributed by atoms with Crippen LogP contribution in [0.3, 0.4) is 0 Å². The Kier molecular flexibility index (Phi) is 4.05. The zero-order chi connectivity index (χ0) is 12.4. The molecule has 0 amide bonds. The predicted octanol–water partition coefficient (Wildman–Crippen LogP) is 4.60. The van der Waals surface area contributed by atoms with Gasteiger partial charge in [0.1, 0.15) is 0 Å². The van der Waals surface area contributed by atoms with Crippen LogP contribution in [-0.4, -0.2) is 17.5 Å². The zero-order valence-electron chi connectivity index (χ0n) is 10.9. The molecule has 3 rings (SSSR count). The van der Waals surface area contributed by atoms with Crippen LogP contribution in [0.15, 0.2) is 28.7 Å². The van der Waals surface area contributed by atoms with E-state index in [1.165, 1.54) is 55.1 Å². The van der Waals surface area contributed by atoms with Crippen molar-refractivity contribution in [2.24, 2.45) is 5.92 Å². The molecular weight excluding hydrogens is 286 g/mol. The van der Waals surface area contributed by atoms with Crippen molar-refractivity contribution in [3.05, 3.63) is 34.3 Å². The minimum atomic E-state index is 0.861. The standard InChI is InChI=1S/C16H22BrN/c17-15-9-3-1-7-14(15)12-18-11-5-8-13-6-2-4-10-16(13)18/h1,3,7,9,13,16H,2,4-6,8,10-12H2. The van der Waals surface area contributed by atoms with E-state index in [9.17, 15) is 0 Å². The molecule has 2 aliphatic rings. The van der Waals surface area contributed by atoms with E-state index in [0.717, 1.165) is 18.5 Å². The maximum absolute atomic E-state index is 3.68. The Morgan fingerprint density at radius 2 is 1.83 bits per heavy atom. The Morgan fingerprint density at radius 3 is 2.72 bits per heavy atom. The lowest BCUT2D eigenvalue weighted by atomic mass is 9.78. The third-order valence-corrected chi connectivity index (χ3v) is 5.46. The van der Waals surface area contributed by atoms with Gasteiger partial charge >= 0.3 is 0 Å². The Hall–Kier alpha value is -0.340. The van der Waals surface area contributed by atoms with Gasteiger partial charge in [0.05, 0.1) is 0 Å². The van der Waals surface area contributed by atoms with Crippen molar-refractivity contribution in [1.29, 1.82) is 0 Å². The van der Waals surface area contributed by atoms with Crippen LogP contribution >= 0.6 is 15.9 Å². The molecule has 1 heterocycles. The minimum Gasteiger partial charge on any atom is -0.296 e. The number of fused-ring (bicyclic) bond motifs is 1. The number of hydrogen-bond donors (Lipinski definition) is 0. The molecule has 0 N–H and O–H groups in total. The number of nitrogens with zero attached hydrogens (tertiary/aromatic N) is 1.